The molecule has 0 saturated carbocycles. The maximum absolute atomic E-state index is 13.2. The normalized spacial score (nSPS) is 19.6. The zero-order valence-corrected chi connectivity index (χ0v) is 19.2. The van der Waals surface area contributed by atoms with Crippen molar-refractivity contribution in [2.45, 2.75) is 25.3 Å². The van der Waals surface area contributed by atoms with Gasteiger partial charge in [-0.3, -0.25) is 0 Å². The Morgan fingerprint density at radius 2 is 1.86 bits per heavy atom. The van der Waals surface area contributed by atoms with Gasteiger partial charge >= 0.3 is 11.9 Å². The first-order valence-electron chi connectivity index (χ1n) is 11.6. The molecule has 1 aliphatic heterocycles. The van der Waals surface area contributed by atoms with Gasteiger partial charge in [0.1, 0.15) is 11.8 Å². The third-order valence-corrected chi connectivity index (χ3v) is 6.55. The number of carbonyl (C=O) groups excluding carboxylic acids is 2. The second-order valence-corrected chi connectivity index (χ2v) is 8.60. The van der Waals surface area contributed by atoms with Crippen LogP contribution >= 0.6 is 0 Å². The van der Waals surface area contributed by atoms with Crippen molar-refractivity contribution < 1.29 is 19.1 Å². The number of benzene rings is 3. The molecule has 3 unspecified atom stereocenters. The third kappa shape index (κ3) is 4.29. The minimum absolute atomic E-state index is 0.0388. The summed E-state index contributed by atoms with van der Waals surface area (Å²) in [5, 5.41) is 12.4. The van der Waals surface area contributed by atoms with Crippen molar-refractivity contribution in [2.75, 3.05) is 11.9 Å². The summed E-state index contributed by atoms with van der Waals surface area (Å²) in [6, 6.07) is 21.6. The summed E-state index contributed by atoms with van der Waals surface area (Å²) in [4.78, 5) is 25.9. The monoisotopic (exact) mass is 464 g/mol. The fourth-order valence-electron chi connectivity index (χ4n) is 4.90. The molecule has 2 aliphatic rings. The quantitative estimate of drug-likeness (QED) is 0.306. The fourth-order valence-corrected chi connectivity index (χ4v) is 4.90. The largest absolute Gasteiger partial charge is 0.464 e. The number of ether oxygens (including phenoxy) is 2. The number of allylic oxidation sites excluding steroid dienone is 2. The maximum atomic E-state index is 13.2. The first kappa shape index (κ1) is 22.4. The molecular formula is C29H24N2O4. The Morgan fingerprint density at radius 1 is 1.06 bits per heavy atom. The van der Waals surface area contributed by atoms with E-state index < -0.39 is 12.0 Å². The Kier molecular flexibility index (Phi) is 6.07. The molecular weight excluding hydrogens is 440 g/mol. The number of nitriles is 1. The number of para-hydroxylation sites is 1. The summed E-state index contributed by atoms with van der Waals surface area (Å²) in [7, 11) is 0. The van der Waals surface area contributed by atoms with Crippen molar-refractivity contribution in [3.63, 3.8) is 0 Å². The molecule has 3 atom stereocenters. The highest BCUT2D eigenvalue weighted by atomic mass is 16.5. The number of esters is 2. The minimum Gasteiger partial charge on any atom is -0.464 e. The second-order valence-electron chi connectivity index (χ2n) is 8.60. The Bertz CT molecular complexity index is 1350. The average molecular weight is 465 g/mol. The maximum Gasteiger partial charge on any atom is 0.345 e. The van der Waals surface area contributed by atoms with Gasteiger partial charge < -0.3 is 14.8 Å². The lowest BCUT2D eigenvalue weighted by atomic mass is 9.78. The van der Waals surface area contributed by atoms with Crippen LogP contribution in [0.15, 0.2) is 78.9 Å². The molecule has 1 heterocycles. The molecule has 35 heavy (non-hydrogen) atoms. The van der Waals surface area contributed by atoms with Crippen molar-refractivity contribution in [1.29, 1.82) is 5.26 Å². The van der Waals surface area contributed by atoms with Crippen molar-refractivity contribution in [1.82, 2.24) is 0 Å². The molecule has 3 aromatic rings. The molecule has 1 N–H and O–H groups in total. The van der Waals surface area contributed by atoms with Crippen molar-refractivity contribution in [3.05, 3.63) is 95.6 Å². The molecule has 0 saturated heterocycles. The van der Waals surface area contributed by atoms with Crippen molar-refractivity contribution in [2.24, 2.45) is 5.92 Å². The smallest absolute Gasteiger partial charge is 0.345 e. The second kappa shape index (κ2) is 9.47. The van der Waals surface area contributed by atoms with Crippen LogP contribution in [0.1, 0.15) is 40.7 Å². The van der Waals surface area contributed by atoms with Crippen LogP contribution in [0, 0.1) is 17.2 Å². The molecule has 5 rings (SSSR count). The van der Waals surface area contributed by atoms with Gasteiger partial charge in [-0.15, -0.1) is 0 Å². The van der Waals surface area contributed by atoms with Gasteiger partial charge in [0.2, 0.25) is 0 Å². The number of anilines is 1. The molecule has 0 spiro atoms. The first-order valence-corrected chi connectivity index (χ1v) is 11.6. The number of fused-ring (bicyclic) bond motifs is 3. The average Bonchev–Trinajstić information content (AvgIpc) is 3.39. The van der Waals surface area contributed by atoms with Gasteiger partial charge in [0.25, 0.3) is 0 Å². The predicted molar refractivity (Wildman–Crippen MR) is 132 cm³/mol. The van der Waals surface area contributed by atoms with Gasteiger partial charge in [0, 0.05) is 11.8 Å². The van der Waals surface area contributed by atoms with Gasteiger partial charge in [0.05, 0.1) is 29.5 Å². The standard InChI is InChI=1S/C29H24N2O4/c1-2-34-29(33)27-24-10-4-8-22(24)23-9-5-11-25(26(23)31-27)28(32)35-21-14-12-19(13-15-21)20-7-3-6-18(16-20)17-30/h3-9,11-16,22,24,27,31H,2,10H2,1H3. The molecule has 1 aliphatic carbocycles. The van der Waals surface area contributed by atoms with Crippen molar-refractivity contribution in [3.8, 4) is 22.9 Å². The van der Waals surface area contributed by atoms with Gasteiger partial charge in [-0.2, -0.15) is 5.26 Å². The Labute approximate surface area is 203 Å². The van der Waals surface area contributed by atoms with Gasteiger partial charge in [-0.1, -0.05) is 48.6 Å². The fraction of sp³-hybridized carbons (Fsp3) is 0.207. The Balaban J connectivity index is 1.39. The first-order chi connectivity index (χ1) is 17.1. The number of hydrogen-bond donors (Lipinski definition) is 1. The highest BCUT2D eigenvalue weighted by Crippen LogP contribution is 2.46. The number of hydrogen-bond acceptors (Lipinski definition) is 6. The molecule has 0 aromatic heterocycles. The van der Waals surface area contributed by atoms with Gasteiger partial charge in [-0.25, -0.2) is 9.59 Å². The van der Waals surface area contributed by atoms with E-state index in [1.54, 1.807) is 31.2 Å². The molecule has 3 aromatic carbocycles. The molecule has 174 valence electrons. The summed E-state index contributed by atoms with van der Waals surface area (Å²) in [5.74, 6) is -0.311. The summed E-state index contributed by atoms with van der Waals surface area (Å²) in [5.41, 5.74) is 4.38. The van der Waals surface area contributed by atoms with Crippen LogP contribution in [-0.4, -0.2) is 24.6 Å². The molecule has 0 radical (unpaired) electrons. The third-order valence-electron chi connectivity index (χ3n) is 6.55. The molecule has 6 nitrogen and oxygen atoms in total. The number of nitrogens with zero attached hydrogens (tertiary/aromatic N) is 1. The Morgan fingerprint density at radius 3 is 2.63 bits per heavy atom. The number of carbonyl (C=O) groups is 2. The van der Waals surface area contributed by atoms with Crippen LogP contribution in [0.5, 0.6) is 5.75 Å². The van der Waals surface area contributed by atoms with E-state index in [1.807, 2.05) is 42.5 Å². The van der Waals surface area contributed by atoms with Crippen LogP contribution in [0.2, 0.25) is 0 Å². The molecule has 0 amide bonds. The van der Waals surface area contributed by atoms with Gasteiger partial charge in [-0.05, 0) is 60.4 Å². The topological polar surface area (TPSA) is 88.4 Å². The summed E-state index contributed by atoms with van der Waals surface area (Å²) in [6.07, 6.45) is 4.96. The van der Waals surface area contributed by atoms with Crippen LogP contribution in [0.4, 0.5) is 5.69 Å². The zero-order valence-electron chi connectivity index (χ0n) is 19.2. The van der Waals surface area contributed by atoms with E-state index in [0.29, 0.717) is 29.2 Å². The highest BCUT2D eigenvalue weighted by Gasteiger charge is 2.42. The molecule has 6 heteroatoms. The summed E-state index contributed by atoms with van der Waals surface area (Å²) in [6.45, 7) is 2.09. The van der Waals surface area contributed by atoms with E-state index in [9.17, 15) is 9.59 Å². The summed E-state index contributed by atoms with van der Waals surface area (Å²) < 4.78 is 11.0. The minimum atomic E-state index is -0.528. The van der Waals surface area contributed by atoms with E-state index in [-0.39, 0.29) is 17.8 Å². The van der Waals surface area contributed by atoms with E-state index in [1.165, 1.54) is 0 Å². The SMILES string of the molecule is CCOC(=O)C1Nc2c(C(=O)Oc3ccc(-c4cccc(C#N)c4)cc3)cccc2C2C=CCC12. The van der Waals surface area contributed by atoms with Crippen LogP contribution in [-0.2, 0) is 9.53 Å². The molecule has 0 fully saturated rings. The summed E-state index contributed by atoms with van der Waals surface area (Å²) >= 11 is 0. The Hall–Kier alpha value is -4.37. The van der Waals surface area contributed by atoms with Crippen molar-refractivity contribution >= 4 is 17.6 Å². The number of rotatable bonds is 5. The lowest BCUT2D eigenvalue weighted by Gasteiger charge is -2.36. The number of nitrogens with one attached hydrogen (secondary N) is 1. The lowest BCUT2D eigenvalue weighted by Crippen LogP contribution is -2.43. The molecule has 0 bridgehead atoms. The van der Waals surface area contributed by atoms with E-state index >= 15 is 0 Å². The van der Waals surface area contributed by atoms with E-state index in [2.05, 4.69) is 23.5 Å². The lowest BCUT2D eigenvalue weighted by molar-refractivity contribution is -0.145. The zero-order chi connectivity index (χ0) is 24.4. The van der Waals surface area contributed by atoms with E-state index in [4.69, 9.17) is 14.7 Å². The predicted octanol–water partition coefficient (Wildman–Crippen LogP) is 5.46. The van der Waals surface area contributed by atoms with Crippen LogP contribution in [0.3, 0.4) is 0 Å². The van der Waals surface area contributed by atoms with E-state index in [0.717, 1.165) is 23.1 Å². The van der Waals surface area contributed by atoms with Gasteiger partial charge in [0.15, 0.2) is 0 Å². The van der Waals surface area contributed by atoms with Crippen LogP contribution in [0.25, 0.3) is 11.1 Å². The highest BCUT2D eigenvalue weighted by molar-refractivity contribution is 5.99. The van der Waals surface area contributed by atoms with Crippen LogP contribution < -0.4 is 10.1 Å².